The third-order valence-corrected chi connectivity index (χ3v) is 5.56. The van der Waals surface area contributed by atoms with E-state index < -0.39 is 11.4 Å². The minimum absolute atomic E-state index is 0.111. The molecule has 0 heterocycles. The van der Waals surface area contributed by atoms with Crippen LogP contribution in [-0.4, -0.2) is 16.2 Å². The van der Waals surface area contributed by atoms with E-state index >= 15 is 0 Å². The van der Waals surface area contributed by atoms with Gasteiger partial charge in [-0.1, -0.05) is 99.1 Å². The van der Waals surface area contributed by atoms with Gasteiger partial charge in [0, 0.05) is 0 Å². The van der Waals surface area contributed by atoms with Crippen LogP contribution < -0.4 is 0 Å². The zero-order valence-corrected chi connectivity index (χ0v) is 19.2. The Bertz CT molecular complexity index is 634. The highest BCUT2D eigenvalue weighted by atomic mass is 16.4. The monoisotopic (exact) mass is 390 g/mol. The topological polar surface area (TPSA) is 57.5 Å². The maximum Gasteiger partial charge on any atom is 0.314 e. The zero-order valence-electron chi connectivity index (χ0n) is 19.2. The third kappa shape index (κ3) is 6.83. The molecule has 0 aliphatic carbocycles. The number of phenolic OH excluding ortho intramolecular Hbond substituents is 1. The lowest BCUT2D eigenvalue weighted by molar-refractivity contribution is -0.145. The van der Waals surface area contributed by atoms with Crippen LogP contribution in [0.15, 0.2) is 18.2 Å². The molecule has 0 saturated carbocycles. The molecule has 3 nitrogen and oxygen atoms in total. The van der Waals surface area contributed by atoms with Gasteiger partial charge >= 0.3 is 5.97 Å². The summed E-state index contributed by atoms with van der Waals surface area (Å²) in [7, 11) is 0. The number of unbranched alkanes of at least 4 members (excludes halogenated alkanes) is 5. The van der Waals surface area contributed by atoms with Crippen molar-refractivity contribution in [3.8, 4) is 5.75 Å². The molecule has 2 N–H and O–H groups in total. The second-order valence-electron chi connectivity index (χ2n) is 10.6. The lowest BCUT2D eigenvalue weighted by Crippen LogP contribution is -2.40. The van der Waals surface area contributed by atoms with Crippen LogP contribution in [0.2, 0.25) is 0 Å². The number of hydrogen-bond acceptors (Lipinski definition) is 2. The molecule has 1 unspecified atom stereocenters. The molecule has 0 saturated heterocycles. The lowest BCUT2D eigenvalue weighted by atomic mass is 9.66. The number of hydrogen-bond donors (Lipinski definition) is 2. The Morgan fingerprint density at radius 2 is 1.50 bits per heavy atom. The van der Waals surface area contributed by atoms with Gasteiger partial charge in [0.15, 0.2) is 0 Å². The second kappa shape index (κ2) is 9.80. The van der Waals surface area contributed by atoms with Crippen LogP contribution in [0, 0.1) is 5.41 Å². The predicted octanol–water partition coefficient (Wildman–Crippen LogP) is 7.20. The van der Waals surface area contributed by atoms with E-state index in [1.54, 1.807) is 6.07 Å². The standard InChI is InChI=1S/C25H42O3/c1-8-9-10-11-12-13-16-25(22(27)28,18-23(2,3)4)19-14-15-21(26)20(17-19)24(5,6)7/h14-15,17,26H,8-13,16,18H2,1-7H3,(H,27,28). The van der Waals surface area contributed by atoms with Gasteiger partial charge in [-0.3, -0.25) is 4.79 Å². The Kier molecular flexibility index (Phi) is 8.59. The summed E-state index contributed by atoms with van der Waals surface area (Å²) >= 11 is 0. The summed E-state index contributed by atoms with van der Waals surface area (Å²) in [6, 6.07) is 5.44. The van der Waals surface area contributed by atoms with Gasteiger partial charge in [-0.05, 0) is 40.9 Å². The molecule has 0 aliphatic rings. The Hall–Kier alpha value is -1.51. The number of carboxylic acids is 1. The van der Waals surface area contributed by atoms with Crippen molar-refractivity contribution in [1.82, 2.24) is 0 Å². The van der Waals surface area contributed by atoms with Gasteiger partial charge in [0.2, 0.25) is 0 Å². The molecular weight excluding hydrogens is 348 g/mol. The van der Waals surface area contributed by atoms with Crippen LogP contribution >= 0.6 is 0 Å². The Morgan fingerprint density at radius 1 is 0.929 bits per heavy atom. The van der Waals surface area contributed by atoms with E-state index in [0.29, 0.717) is 12.8 Å². The van der Waals surface area contributed by atoms with E-state index in [0.717, 1.165) is 24.0 Å². The smallest absolute Gasteiger partial charge is 0.314 e. The van der Waals surface area contributed by atoms with Crippen molar-refractivity contribution in [1.29, 1.82) is 0 Å². The average molecular weight is 391 g/mol. The molecule has 3 heteroatoms. The number of aliphatic carboxylic acids is 1. The number of rotatable bonds is 10. The first-order chi connectivity index (χ1) is 12.8. The highest BCUT2D eigenvalue weighted by Gasteiger charge is 2.43. The van der Waals surface area contributed by atoms with Gasteiger partial charge in [0.05, 0.1) is 5.41 Å². The van der Waals surface area contributed by atoms with Gasteiger partial charge < -0.3 is 10.2 Å². The van der Waals surface area contributed by atoms with E-state index in [4.69, 9.17) is 0 Å². The first kappa shape index (κ1) is 24.5. The van der Waals surface area contributed by atoms with E-state index in [9.17, 15) is 15.0 Å². The van der Waals surface area contributed by atoms with Crippen molar-refractivity contribution in [2.24, 2.45) is 5.41 Å². The minimum Gasteiger partial charge on any atom is -0.508 e. The Balaban J connectivity index is 3.28. The first-order valence-electron chi connectivity index (χ1n) is 10.9. The number of benzene rings is 1. The minimum atomic E-state index is -0.920. The molecular formula is C25H42O3. The average Bonchev–Trinajstić information content (AvgIpc) is 2.55. The number of aromatic hydroxyl groups is 1. The number of carbonyl (C=O) groups is 1. The molecule has 0 radical (unpaired) electrons. The van der Waals surface area contributed by atoms with Crippen LogP contribution in [0.4, 0.5) is 0 Å². The van der Waals surface area contributed by atoms with Crippen LogP contribution in [0.1, 0.15) is 111 Å². The molecule has 0 bridgehead atoms. The van der Waals surface area contributed by atoms with Crippen molar-refractivity contribution in [2.75, 3.05) is 0 Å². The SMILES string of the molecule is CCCCCCCCC(CC(C)(C)C)(C(=O)O)c1ccc(O)c(C(C)(C)C)c1. The van der Waals surface area contributed by atoms with Gasteiger partial charge in [-0.25, -0.2) is 0 Å². The van der Waals surface area contributed by atoms with E-state index in [-0.39, 0.29) is 16.6 Å². The van der Waals surface area contributed by atoms with Crippen molar-refractivity contribution in [3.63, 3.8) is 0 Å². The molecule has 1 aromatic rings. The first-order valence-corrected chi connectivity index (χ1v) is 10.9. The summed E-state index contributed by atoms with van der Waals surface area (Å²) in [6.45, 7) is 14.7. The van der Waals surface area contributed by atoms with E-state index in [1.165, 1.54) is 25.7 Å². The van der Waals surface area contributed by atoms with Crippen LogP contribution in [-0.2, 0) is 15.6 Å². The molecule has 0 aromatic heterocycles. The summed E-state index contributed by atoms with van der Waals surface area (Å²) < 4.78 is 0. The van der Waals surface area contributed by atoms with Gasteiger partial charge in [0.1, 0.15) is 5.75 Å². The zero-order chi connectivity index (χ0) is 21.6. The van der Waals surface area contributed by atoms with Crippen molar-refractivity contribution >= 4 is 5.97 Å². The molecule has 0 spiro atoms. The summed E-state index contributed by atoms with van der Waals surface area (Å²) in [5.74, 6) is -0.507. The van der Waals surface area contributed by atoms with Crippen LogP contribution in [0.5, 0.6) is 5.75 Å². The summed E-state index contributed by atoms with van der Waals surface area (Å²) in [6.07, 6.45) is 8.07. The lowest BCUT2D eigenvalue weighted by Gasteiger charge is -2.37. The maximum absolute atomic E-state index is 12.6. The van der Waals surface area contributed by atoms with Crippen LogP contribution in [0.3, 0.4) is 0 Å². The van der Waals surface area contributed by atoms with Crippen LogP contribution in [0.25, 0.3) is 0 Å². The largest absolute Gasteiger partial charge is 0.508 e. The molecule has 0 fully saturated rings. The molecule has 0 aliphatic heterocycles. The Labute approximate surface area is 172 Å². The fourth-order valence-corrected chi connectivity index (χ4v) is 4.19. The van der Waals surface area contributed by atoms with E-state index in [1.807, 2.05) is 32.9 Å². The molecule has 0 amide bonds. The van der Waals surface area contributed by atoms with Crippen molar-refractivity contribution in [2.45, 2.75) is 111 Å². The molecule has 160 valence electrons. The van der Waals surface area contributed by atoms with Gasteiger partial charge in [-0.15, -0.1) is 0 Å². The highest BCUT2D eigenvalue weighted by Crippen LogP contribution is 2.43. The van der Waals surface area contributed by atoms with Gasteiger partial charge in [0.25, 0.3) is 0 Å². The van der Waals surface area contributed by atoms with E-state index in [2.05, 4.69) is 27.7 Å². The predicted molar refractivity (Wildman–Crippen MR) is 118 cm³/mol. The number of carboxylic acid groups (broad SMARTS) is 1. The normalized spacial score (nSPS) is 14.7. The molecule has 1 rings (SSSR count). The quantitative estimate of drug-likeness (QED) is 0.415. The van der Waals surface area contributed by atoms with Gasteiger partial charge in [-0.2, -0.15) is 0 Å². The molecule has 28 heavy (non-hydrogen) atoms. The molecule has 1 atom stereocenters. The Morgan fingerprint density at radius 3 is 2.00 bits per heavy atom. The third-order valence-electron chi connectivity index (χ3n) is 5.56. The molecule has 1 aromatic carbocycles. The van der Waals surface area contributed by atoms with Crippen molar-refractivity contribution < 1.29 is 15.0 Å². The second-order valence-corrected chi connectivity index (χ2v) is 10.6. The highest BCUT2D eigenvalue weighted by molar-refractivity contribution is 5.81. The summed E-state index contributed by atoms with van der Waals surface area (Å²) in [5, 5.41) is 20.7. The fourth-order valence-electron chi connectivity index (χ4n) is 4.19. The fraction of sp³-hybridized carbons (Fsp3) is 0.720. The summed E-state index contributed by atoms with van der Waals surface area (Å²) in [5.41, 5.74) is 0.363. The maximum atomic E-state index is 12.6. The summed E-state index contributed by atoms with van der Waals surface area (Å²) in [4.78, 5) is 12.6. The van der Waals surface area contributed by atoms with Crippen molar-refractivity contribution in [3.05, 3.63) is 29.3 Å². The number of phenols is 1.